The Balaban J connectivity index is 1.85. The lowest BCUT2D eigenvalue weighted by Gasteiger charge is -2.43. The topological polar surface area (TPSA) is 18.5 Å². The lowest BCUT2D eigenvalue weighted by molar-refractivity contribution is 0.0603. The van der Waals surface area contributed by atoms with Gasteiger partial charge >= 0.3 is 0 Å². The first kappa shape index (κ1) is 10.4. The highest BCUT2D eigenvalue weighted by molar-refractivity contribution is 4.84. The van der Waals surface area contributed by atoms with Crippen LogP contribution in [0.5, 0.6) is 0 Å². The van der Waals surface area contributed by atoms with E-state index in [2.05, 4.69) is 29.1 Å². The number of piperazine rings is 1. The summed E-state index contributed by atoms with van der Waals surface area (Å²) in [5, 5.41) is 3.44. The largest absolute Gasteiger partial charge is 0.317 e. The standard InChI is InChI=1S/C11H23N3/c1-10-9-14(8-7-13(10)2)11-3-5-12-6-4-11/h10-12H,3-9H2,1-2H3/t10-/m1/s1. The molecule has 0 aromatic heterocycles. The quantitative estimate of drug-likeness (QED) is 0.655. The summed E-state index contributed by atoms with van der Waals surface area (Å²) in [6.07, 6.45) is 2.69. The van der Waals surface area contributed by atoms with Crippen molar-refractivity contribution < 1.29 is 0 Å². The lowest BCUT2D eigenvalue weighted by atomic mass is 10.0. The Morgan fingerprint density at radius 3 is 2.50 bits per heavy atom. The predicted molar refractivity (Wildman–Crippen MR) is 59.6 cm³/mol. The summed E-state index contributed by atoms with van der Waals surface area (Å²) in [5.41, 5.74) is 0. The van der Waals surface area contributed by atoms with E-state index in [-0.39, 0.29) is 0 Å². The predicted octanol–water partition coefficient (Wildman–Crippen LogP) is 0.374. The van der Waals surface area contributed by atoms with Crippen LogP contribution in [0, 0.1) is 0 Å². The highest BCUT2D eigenvalue weighted by atomic mass is 15.3. The van der Waals surface area contributed by atoms with Crippen molar-refractivity contribution in [1.29, 1.82) is 0 Å². The first-order chi connectivity index (χ1) is 6.77. The molecule has 0 radical (unpaired) electrons. The van der Waals surface area contributed by atoms with Crippen molar-refractivity contribution >= 4 is 0 Å². The van der Waals surface area contributed by atoms with Gasteiger partial charge in [0.1, 0.15) is 0 Å². The number of piperidine rings is 1. The van der Waals surface area contributed by atoms with E-state index in [4.69, 9.17) is 0 Å². The Bertz CT molecular complexity index is 177. The molecule has 2 rings (SSSR count). The third-order valence-corrected chi connectivity index (χ3v) is 3.82. The number of rotatable bonds is 1. The second-order valence-corrected chi connectivity index (χ2v) is 4.81. The van der Waals surface area contributed by atoms with E-state index in [1.807, 2.05) is 0 Å². The zero-order chi connectivity index (χ0) is 9.97. The third-order valence-electron chi connectivity index (χ3n) is 3.82. The second-order valence-electron chi connectivity index (χ2n) is 4.81. The van der Waals surface area contributed by atoms with E-state index in [0.717, 1.165) is 12.1 Å². The van der Waals surface area contributed by atoms with Crippen LogP contribution in [0.2, 0.25) is 0 Å². The Labute approximate surface area is 87.4 Å². The summed E-state index contributed by atoms with van der Waals surface area (Å²) in [6, 6.07) is 1.59. The minimum absolute atomic E-state index is 0.735. The molecule has 0 amide bonds. The fourth-order valence-corrected chi connectivity index (χ4v) is 2.58. The summed E-state index contributed by atoms with van der Waals surface area (Å²) in [6.45, 7) is 8.54. The maximum absolute atomic E-state index is 3.44. The smallest absolute Gasteiger partial charge is 0.0192 e. The van der Waals surface area contributed by atoms with E-state index in [1.54, 1.807) is 0 Å². The normalized spacial score (nSPS) is 33.4. The van der Waals surface area contributed by atoms with Crippen molar-refractivity contribution in [2.24, 2.45) is 0 Å². The molecule has 82 valence electrons. The van der Waals surface area contributed by atoms with Crippen LogP contribution in [0.1, 0.15) is 19.8 Å². The van der Waals surface area contributed by atoms with Gasteiger partial charge in [0.15, 0.2) is 0 Å². The molecule has 3 heteroatoms. The maximum atomic E-state index is 3.44. The Kier molecular flexibility index (Phi) is 3.42. The molecule has 0 unspecified atom stereocenters. The summed E-state index contributed by atoms with van der Waals surface area (Å²) in [7, 11) is 2.24. The molecule has 0 aliphatic carbocycles. The van der Waals surface area contributed by atoms with Crippen molar-refractivity contribution in [3.63, 3.8) is 0 Å². The van der Waals surface area contributed by atoms with Crippen LogP contribution in [-0.2, 0) is 0 Å². The average Bonchev–Trinajstić information content (AvgIpc) is 2.23. The van der Waals surface area contributed by atoms with Crippen LogP contribution >= 0.6 is 0 Å². The Morgan fingerprint density at radius 2 is 1.86 bits per heavy atom. The molecule has 2 fully saturated rings. The molecule has 1 atom stereocenters. The molecule has 3 nitrogen and oxygen atoms in total. The fraction of sp³-hybridized carbons (Fsp3) is 1.00. The van der Waals surface area contributed by atoms with E-state index >= 15 is 0 Å². The summed E-state index contributed by atoms with van der Waals surface area (Å²) in [4.78, 5) is 5.17. The SMILES string of the molecule is C[C@@H]1CN(C2CCNCC2)CCN1C. The maximum Gasteiger partial charge on any atom is 0.0192 e. The van der Waals surface area contributed by atoms with Crippen LogP contribution in [0.3, 0.4) is 0 Å². The molecule has 2 saturated heterocycles. The van der Waals surface area contributed by atoms with Gasteiger partial charge < -0.3 is 10.2 Å². The molecule has 14 heavy (non-hydrogen) atoms. The number of hydrogen-bond acceptors (Lipinski definition) is 3. The minimum Gasteiger partial charge on any atom is -0.317 e. The first-order valence-electron chi connectivity index (χ1n) is 5.92. The molecule has 1 N–H and O–H groups in total. The molecular weight excluding hydrogens is 174 g/mol. The zero-order valence-electron chi connectivity index (χ0n) is 9.50. The highest BCUT2D eigenvalue weighted by Crippen LogP contribution is 2.16. The minimum atomic E-state index is 0.735. The van der Waals surface area contributed by atoms with Gasteiger partial charge in [-0.3, -0.25) is 4.90 Å². The number of nitrogens with one attached hydrogen (secondary N) is 1. The first-order valence-corrected chi connectivity index (χ1v) is 5.92. The number of nitrogens with zero attached hydrogens (tertiary/aromatic N) is 2. The van der Waals surface area contributed by atoms with Gasteiger partial charge in [-0.25, -0.2) is 0 Å². The monoisotopic (exact) mass is 197 g/mol. The van der Waals surface area contributed by atoms with E-state index in [9.17, 15) is 0 Å². The molecule has 0 spiro atoms. The molecule has 0 aromatic carbocycles. The van der Waals surface area contributed by atoms with Crippen molar-refractivity contribution in [1.82, 2.24) is 15.1 Å². The molecule has 2 heterocycles. The molecule has 0 aromatic rings. The van der Waals surface area contributed by atoms with Crippen molar-refractivity contribution in [3.8, 4) is 0 Å². The van der Waals surface area contributed by atoms with Gasteiger partial charge in [-0.15, -0.1) is 0 Å². The van der Waals surface area contributed by atoms with Crippen LogP contribution in [0.15, 0.2) is 0 Å². The van der Waals surface area contributed by atoms with Crippen LogP contribution < -0.4 is 5.32 Å². The van der Waals surface area contributed by atoms with E-state index < -0.39 is 0 Å². The summed E-state index contributed by atoms with van der Waals surface area (Å²) in [5.74, 6) is 0. The number of likely N-dealkylation sites (N-methyl/N-ethyl adjacent to an activating group) is 1. The van der Waals surface area contributed by atoms with Gasteiger partial charge in [0.05, 0.1) is 0 Å². The van der Waals surface area contributed by atoms with Crippen molar-refractivity contribution in [2.75, 3.05) is 39.8 Å². The zero-order valence-corrected chi connectivity index (χ0v) is 9.50. The fourth-order valence-electron chi connectivity index (χ4n) is 2.58. The van der Waals surface area contributed by atoms with Crippen LogP contribution in [0.4, 0.5) is 0 Å². The van der Waals surface area contributed by atoms with Crippen molar-refractivity contribution in [3.05, 3.63) is 0 Å². The highest BCUT2D eigenvalue weighted by Gasteiger charge is 2.26. The van der Waals surface area contributed by atoms with Gasteiger partial charge in [0, 0.05) is 31.7 Å². The average molecular weight is 197 g/mol. The van der Waals surface area contributed by atoms with Crippen molar-refractivity contribution in [2.45, 2.75) is 31.8 Å². The Hall–Kier alpha value is -0.120. The lowest BCUT2D eigenvalue weighted by Crippen LogP contribution is -2.55. The van der Waals surface area contributed by atoms with E-state index in [0.29, 0.717) is 0 Å². The third kappa shape index (κ3) is 2.27. The van der Waals surface area contributed by atoms with Crippen LogP contribution in [0.25, 0.3) is 0 Å². The summed E-state index contributed by atoms with van der Waals surface area (Å²) >= 11 is 0. The molecule has 0 bridgehead atoms. The molecular formula is C11H23N3. The van der Waals surface area contributed by atoms with Gasteiger partial charge in [-0.1, -0.05) is 0 Å². The second kappa shape index (κ2) is 4.60. The summed E-state index contributed by atoms with van der Waals surface area (Å²) < 4.78 is 0. The Morgan fingerprint density at radius 1 is 1.14 bits per heavy atom. The van der Waals surface area contributed by atoms with Gasteiger partial charge in [0.25, 0.3) is 0 Å². The molecule has 2 aliphatic rings. The van der Waals surface area contributed by atoms with Gasteiger partial charge in [-0.2, -0.15) is 0 Å². The molecule has 0 saturated carbocycles. The van der Waals surface area contributed by atoms with Gasteiger partial charge in [0.2, 0.25) is 0 Å². The van der Waals surface area contributed by atoms with Crippen LogP contribution in [-0.4, -0.2) is 61.7 Å². The van der Waals surface area contributed by atoms with Gasteiger partial charge in [-0.05, 0) is 39.9 Å². The van der Waals surface area contributed by atoms with E-state index in [1.165, 1.54) is 45.6 Å². The molecule has 2 aliphatic heterocycles. The number of hydrogen-bond donors (Lipinski definition) is 1.